The van der Waals surface area contributed by atoms with Crippen LogP contribution in [0.25, 0.3) is 0 Å². The van der Waals surface area contributed by atoms with Crippen LogP contribution in [0.2, 0.25) is 0 Å². The van der Waals surface area contributed by atoms with Gasteiger partial charge in [0.25, 0.3) is 5.91 Å². The zero-order valence-electron chi connectivity index (χ0n) is 18.9. The van der Waals surface area contributed by atoms with Crippen molar-refractivity contribution in [2.45, 2.75) is 19.4 Å². The van der Waals surface area contributed by atoms with Gasteiger partial charge in [-0.1, -0.05) is 23.8 Å². The number of thiophene rings is 1. The van der Waals surface area contributed by atoms with Gasteiger partial charge in [-0.05, 0) is 48.7 Å². The largest absolute Gasteiger partial charge is 0.482 e. The van der Waals surface area contributed by atoms with Crippen molar-refractivity contribution >= 4 is 46.3 Å². The lowest BCUT2D eigenvalue weighted by atomic mass is 9.98. The predicted octanol–water partition coefficient (Wildman–Crippen LogP) is 3.91. The van der Waals surface area contributed by atoms with Crippen LogP contribution in [0.4, 0.5) is 11.4 Å². The first-order chi connectivity index (χ1) is 16.9. The monoisotopic (exact) mass is 490 g/mol. The summed E-state index contributed by atoms with van der Waals surface area (Å²) in [6.07, 6.45) is -0.00825. The summed E-state index contributed by atoms with van der Waals surface area (Å²) >= 11 is 1.46. The number of amides is 2. The Morgan fingerprint density at radius 2 is 1.94 bits per heavy atom. The third-order valence-corrected chi connectivity index (χ3v) is 6.99. The summed E-state index contributed by atoms with van der Waals surface area (Å²) in [4.78, 5) is 52.9. The minimum absolute atomic E-state index is 0.00825. The van der Waals surface area contributed by atoms with Gasteiger partial charge in [0.1, 0.15) is 5.75 Å². The summed E-state index contributed by atoms with van der Waals surface area (Å²) in [5, 5.41) is 4.55. The Morgan fingerprint density at radius 3 is 2.69 bits per heavy atom. The summed E-state index contributed by atoms with van der Waals surface area (Å²) in [7, 11) is 0. The number of nitrogens with one attached hydrogen (secondary N) is 1. The predicted molar refractivity (Wildman–Crippen MR) is 130 cm³/mol. The van der Waals surface area contributed by atoms with E-state index >= 15 is 0 Å². The van der Waals surface area contributed by atoms with Crippen LogP contribution in [0.5, 0.6) is 5.75 Å². The molecule has 2 aliphatic heterocycles. The van der Waals surface area contributed by atoms with E-state index in [4.69, 9.17) is 9.47 Å². The number of hydrogen-bond acceptors (Lipinski definition) is 7. The van der Waals surface area contributed by atoms with Gasteiger partial charge in [0.05, 0.1) is 17.6 Å². The zero-order valence-corrected chi connectivity index (χ0v) is 19.7. The summed E-state index contributed by atoms with van der Waals surface area (Å²) < 4.78 is 10.7. The number of Topliss-reactive ketones (excluding diaryl/α,β-unsaturated/α-hetero) is 1. The molecule has 2 aromatic carbocycles. The van der Waals surface area contributed by atoms with E-state index < -0.39 is 30.3 Å². The highest BCUT2D eigenvalue weighted by molar-refractivity contribution is 7.10. The van der Waals surface area contributed by atoms with Gasteiger partial charge in [-0.15, -0.1) is 11.3 Å². The number of anilines is 2. The first-order valence-electron chi connectivity index (χ1n) is 11.1. The number of carbonyl (C=O) groups is 4. The van der Waals surface area contributed by atoms with Crippen molar-refractivity contribution in [1.82, 2.24) is 0 Å². The van der Waals surface area contributed by atoms with Crippen molar-refractivity contribution < 1.29 is 28.7 Å². The van der Waals surface area contributed by atoms with Gasteiger partial charge < -0.3 is 19.7 Å². The van der Waals surface area contributed by atoms with Gasteiger partial charge in [0, 0.05) is 22.5 Å². The molecule has 2 aliphatic rings. The fraction of sp³-hybridized carbons (Fsp3) is 0.231. The van der Waals surface area contributed by atoms with Gasteiger partial charge in [0.2, 0.25) is 5.91 Å². The third kappa shape index (κ3) is 4.54. The quantitative estimate of drug-likeness (QED) is 0.415. The minimum Gasteiger partial charge on any atom is -0.482 e. The molecule has 1 saturated heterocycles. The molecule has 2 amide bonds. The number of esters is 1. The maximum atomic E-state index is 13.1. The highest BCUT2D eigenvalue weighted by atomic mass is 32.1. The van der Waals surface area contributed by atoms with Gasteiger partial charge in [-0.25, -0.2) is 0 Å². The van der Waals surface area contributed by atoms with Crippen molar-refractivity contribution in [3.8, 4) is 5.75 Å². The van der Waals surface area contributed by atoms with E-state index in [-0.39, 0.29) is 30.4 Å². The number of benzene rings is 2. The maximum absolute atomic E-state index is 13.1. The van der Waals surface area contributed by atoms with E-state index in [0.29, 0.717) is 17.1 Å². The maximum Gasteiger partial charge on any atom is 0.312 e. The van der Waals surface area contributed by atoms with Crippen LogP contribution in [0, 0.1) is 12.8 Å². The second-order valence-electron chi connectivity index (χ2n) is 8.45. The average molecular weight is 491 g/mol. The normalized spacial score (nSPS) is 19.1. The molecule has 8 nitrogen and oxygen atoms in total. The van der Waals surface area contributed by atoms with Gasteiger partial charge in [-0.3, -0.25) is 19.2 Å². The molecule has 3 aromatic rings. The molecule has 0 aliphatic carbocycles. The molecule has 3 heterocycles. The molecule has 9 heteroatoms. The summed E-state index contributed by atoms with van der Waals surface area (Å²) in [5.74, 6) is -1.78. The summed E-state index contributed by atoms with van der Waals surface area (Å²) in [6, 6.07) is 15.5. The first-order valence-corrected chi connectivity index (χ1v) is 12.0. The number of rotatable bonds is 6. The van der Waals surface area contributed by atoms with Crippen molar-refractivity contribution in [1.29, 1.82) is 0 Å². The molecule has 0 bridgehead atoms. The van der Waals surface area contributed by atoms with Gasteiger partial charge in [0.15, 0.2) is 19.0 Å². The molecule has 1 N–H and O–H groups in total. The molecule has 2 atom stereocenters. The number of fused-ring (bicyclic) bond motifs is 1. The van der Waals surface area contributed by atoms with E-state index in [0.717, 1.165) is 10.4 Å². The molecule has 5 rings (SSSR count). The molecule has 0 spiro atoms. The van der Waals surface area contributed by atoms with Crippen LogP contribution in [0.1, 0.15) is 33.3 Å². The fourth-order valence-corrected chi connectivity index (χ4v) is 5.20. The Hall–Kier alpha value is -3.98. The van der Waals surface area contributed by atoms with Crippen LogP contribution in [-0.2, 0) is 19.1 Å². The fourth-order valence-electron chi connectivity index (χ4n) is 4.32. The first kappa shape index (κ1) is 22.8. The molecule has 0 saturated carbocycles. The van der Waals surface area contributed by atoms with Gasteiger partial charge in [-0.2, -0.15) is 0 Å². The number of nitrogens with zero attached hydrogens (tertiary/aromatic N) is 1. The summed E-state index contributed by atoms with van der Waals surface area (Å²) in [6.45, 7) is 1.41. The van der Waals surface area contributed by atoms with E-state index in [1.165, 1.54) is 17.4 Å². The number of aryl methyl sites for hydroxylation is 1. The number of ether oxygens (including phenoxy) is 2. The second-order valence-corrected chi connectivity index (χ2v) is 9.43. The van der Waals surface area contributed by atoms with E-state index in [1.807, 2.05) is 48.7 Å². The lowest BCUT2D eigenvalue weighted by Crippen LogP contribution is -2.31. The van der Waals surface area contributed by atoms with Gasteiger partial charge >= 0.3 is 5.97 Å². The number of carbonyl (C=O) groups excluding carboxylic acids is 4. The second kappa shape index (κ2) is 9.34. The molecular weight excluding hydrogens is 468 g/mol. The Bertz CT molecular complexity index is 1300. The molecule has 178 valence electrons. The van der Waals surface area contributed by atoms with Crippen molar-refractivity contribution in [3.63, 3.8) is 0 Å². The van der Waals surface area contributed by atoms with Crippen LogP contribution < -0.4 is 15.0 Å². The van der Waals surface area contributed by atoms with E-state index in [1.54, 1.807) is 17.0 Å². The van der Waals surface area contributed by atoms with E-state index in [9.17, 15) is 19.2 Å². The number of ketones is 1. The Balaban J connectivity index is 1.32. The lowest BCUT2D eigenvalue weighted by Gasteiger charge is -2.27. The van der Waals surface area contributed by atoms with Crippen LogP contribution in [-0.4, -0.2) is 36.8 Å². The third-order valence-electron chi connectivity index (χ3n) is 6.05. The molecule has 35 heavy (non-hydrogen) atoms. The Kier molecular flexibility index (Phi) is 6.08. The van der Waals surface area contributed by atoms with Crippen LogP contribution in [0.3, 0.4) is 0 Å². The molecular formula is C26H22N2O6S. The molecule has 1 aromatic heterocycles. The summed E-state index contributed by atoms with van der Waals surface area (Å²) in [5.41, 5.74) is 2.45. The van der Waals surface area contributed by atoms with Crippen molar-refractivity contribution in [2.75, 3.05) is 23.4 Å². The SMILES string of the molecule is Cc1ccc(N2C(=O)C[C@H](C(=O)OCC(=O)c3ccc4c(c3)NC(=O)CO4)[C@H]2c2cccs2)cc1. The smallest absolute Gasteiger partial charge is 0.312 e. The lowest BCUT2D eigenvalue weighted by molar-refractivity contribution is -0.148. The standard InChI is InChI=1S/C26H22N2O6S/c1-15-4-7-17(8-5-15)28-24(31)12-18(25(28)22-3-2-10-35-22)26(32)34-13-20(29)16-6-9-21-19(11-16)27-23(30)14-33-21/h2-11,18,25H,12-14H2,1H3,(H,27,30)/t18-,25-/m0/s1. The number of hydrogen-bond donors (Lipinski definition) is 1. The van der Waals surface area contributed by atoms with Crippen molar-refractivity contribution in [2.24, 2.45) is 5.92 Å². The minimum atomic E-state index is -0.744. The van der Waals surface area contributed by atoms with Crippen LogP contribution in [0.15, 0.2) is 60.0 Å². The molecule has 0 radical (unpaired) electrons. The highest BCUT2D eigenvalue weighted by Gasteiger charge is 2.46. The topological polar surface area (TPSA) is 102 Å². The molecule has 1 fully saturated rings. The highest BCUT2D eigenvalue weighted by Crippen LogP contribution is 2.43. The Labute approximate surface area is 205 Å². The van der Waals surface area contributed by atoms with E-state index in [2.05, 4.69) is 5.32 Å². The zero-order chi connectivity index (χ0) is 24.5. The molecule has 0 unspecified atom stereocenters. The Morgan fingerprint density at radius 1 is 1.14 bits per heavy atom. The van der Waals surface area contributed by atoms with Crippen LogP contribution >= 0.6 is 11.3 Å². The average Bonchev–Trinajstić information content (AvgIpc) is 3.50. The van der Waals surface area contributed by atoms with Crippen molar-refractivity contribution in [3.05, 3.63) is 76.0 Å².